The second-order valence-corrected chi connectivity index (χ2v) is 11.2. The Kier molecular flexibility index (Phi) is 21.8. The van der Waals surface area contributed by atoms with Crippen LogP contribution >= 0.6 is 0 Å². The van der Waals surface area contributed by atoms with Gasteiger partial charge in [0.1, 0.15) is 0 Å². The van der Waals surface area contributed by atoms with Crippen molar-refractivity contribution in [1.29, 1.82) is 0 Å². The van der Waals surface area contributed by atoms with Crippen LogP contribution in [0.5, 0.6) is 0 Å². The first-order valence-corrected chi connectivity index (χ1v) is 15.9. The quantitative estimate of drug-likeness (QED) is 0.0536. The lowest BCUT2D eigenvalue weighted by molar-refractivity contribution is -0.973. The highest BCUT2D eigenvalue weighted by Crippen LogP contribution is 2.32. The molecule has 0 aliphatic carbocycles. The van der Waals surface area contributed by atoms with E-state index in [4.69, 9.17) is 0 Å². The van der Waals surface area contributed by atoms with Crippen LogP contribution in [0.4, 0.5) is 0 Å². The van der Waals surface area contributed by atoms with Crippen LogP contribution in [0.2, 0.25) is 0 Å². The summed E-state index contributed by atoms with van der Waals surface area (Å²) in [5, 5.41) is 30.0. The minimum absolute atomic E-state index is 0.191. The molecule has 7 heteroatoms. The highest BCUT2D eigenvalue weighted by Gasteiger charge is 2.55. The maximum Gasteiger partial charge on any atom is 0.362 e. The Morgan fingerprint density at radius 3 is 1.13 bits per heavy atom. The van der Waals surface area contributed by atoms with Gasteiger partial charge in [0.25, 0.3) is 0 Å². The smallest absolute Gasteiger partial charge is 0.362 e. The normalized spacial score (nSPS) is 15.6. The number of carboxylic acids is 3. The third kappa shape index (κ3) is 13.8. The Morgan fingerprint density at radius 1 is 0.513 bits per heavy atom. The molecule has 0 heterocycles. The van der Waals surface area contributed by atoms with Crippen molar-refractivity contribution < 1.29 is 34.2 Å². The number of hydrogen-bond acceptors (Lipinski definition) is 3. The molecule has 3 N–H and O–H groups in total. The van der Waals surface area contributed by atoms with Gasteiger partial charge in [-0.1, -0.05) is 104 Å². The molecule has 39 heavy (non-hydrogen) atoms. The van der Waals surface area contributed by atoms with Crippen molar-refractivity contribution in [2.24, 2.45) is 0 Å². The second kappa shape index (κ2) is 22.9. The topological polar surface area (TPSA) is 112 Å². The molecule has 0 aliphatic heterocycles. The highest BCUT2D eigenvalue weighted by atomic mass is 16.4. The molecule has 3 atom stereocenters. The molecule has 3 unspecified atom stereocenters. The predicted octanol–water partition coefficient (Wildman–Crippen LogP) is 8.21. The van der Waals surface area contributed by atoms with Gasteiger partial charge in [-0.05, 0) is 38.5 Å². The molecule has 0 aliphatic rings. The molecule has 0 bridgehead atoms. The zero-order valence-corrected chi connectivity index (χ0v) is 25.5. The van der Waals surface area contributed by atoms with Gasteiger partial charge in [-0.2, -0.15) is 0 Å². The lowest BCUT2D eigenvalue weighted by Crippen LogP contribution is -2.72. The molecular formula is C32H60NO6+. The van der Waals surface area contributed by atoms with E-state index in [2.05, 4.69) is 19.1 Å². The van der Waals surface area contributed by atoms with Gasteiger partial charge in [-0.25, -0.2) is 14.4 Å². The summed E-state index contributed by atoms with van der Waals surface area (Å²) in [5.74, 6) is -3.35. The zero-order chi connectivity index (χ0) is 29.5. The van der Waals surface area contributed by atoms with E-state index in [9.17, 15) is 29.7 Å². The molecule has 0 saturated carbocycles. The maximum absolute atomic E-state index is 12.2. The first-order valence-electron chi connectivity index (χ1n) is 15.9. The number of carbonyl (C=O) groups is 3. The van der Waals surface area contributed by atoms with E-state index in [-0.39, 0.29) is 25.8 Å². The van der Waals surface area contributed by atoms with E-state index in [0.717, 1.165) is 32.1 Å². The van der Waals surface area contributed by atoms with E-state index < -0.39 is 40.5 Å². The molecule has 0 aromatic rings. The van der Waals surface area contributed by atoms with Gasteiger partial charge in [0.2, 0.25) is 0 Å². The third-order valence-corrected chi connectivity index (χ3v) is 8.31. The lowest BCUT2D eigenvalue weighted by atomic mass is 9.93. The molecule has 7 nitrogen and oxygen atoms in total. The standard InChI is InChI=1S/C32H59NO6/c1-5-9-10-11-12-13-14-15-16-17-18-19-20-21-22-23-24-25-26-33(27(6-2)30(34)35,28(7-3)31(36)37)29(8-4)32(38)39/h16-17,27-29H,5-15,18-26H2,1-4H3,(H2-,34,35,36,37,38,39)/p+1/b17-16+. The maximum atomic E-state index is 12.2. The summed E-state index contributed by atoms with van der Waals surface area (Å²) in [6.07, 6.45) is 24.1. The van der Waals surface area contributed by atoms with Gasteiger partial charge in [-0.3, -0.25) is 4.48 Å². The number of quaternary nitrogens is 1. The summed E-state index contributed by atoms with van der Waals surface area (Å²) in [6, 6.07) is -3.19. The fourth-order valence-corrected chi connectivity index (χ4v) is 6.27. The Morgan fingerprint density at radius 2 is 0.821 bits per heavy atom. The Bertz CT molecular complexity index is 637. The number of carboxylic acid groups (broad SMARTS) is 3. The van der Waals surface area contributed by atoms with Crippen LogP contribution in [0.3, 0.4) is 0 Å². The third-order valence-electron chi connectivity index (χ3n) is 8.31. The van der Waals surface area contributed by atoms with Crippen molar-refractivity contribution in [1.82, 2.24) is 0 Å². The van der Waals surface area contributed by atoms with Crippen LogP contribution < -0.4 is 0 Å². The fourth-order valence-electron chi connectivity index (χ4n) is 6.27. The van der Waals surface area contributed by atoms with E-state index >= 15 is 0 Å². The van der Waals surface area contributed by atoms with Gasteiger partial charge in [0.15, 0.2) is 18.1 Å². The Labute approximate surface area is 238 Å². The van der Waals surface area contributed by atoms with Gasteiger partial charge in [-0.15, -0.1) is 0 Å². The molecular weight excluding hydrogens is 494 g/mol. The SMILES string of the molecule is CCCCCCCCC/C=C/CCCCCCCCC[N+](C(CC)C(=O)O)(C(CC)C(=O)O)C(CC)C(=O)O. The fraction of sp³-hybridized carbons (Fsp3) is 0.844. The van der Waals surface area contributed by atoms with Crippen molar-refractivity contribution in [3.8, 4) is 0 Å². The summed E-state index contributed by atoms with van der Waals surface area (Å²) >= 11 is 0. The molecule has 228 valence electrons. The van der Waals surface area contributed by atoms with Crippen LogP contribution in [0.15, 0.2) is 12.2 Å². The van der Waals surface area contributed by atoms with Gasteiger partial charge in [0.05, 0.1) is 6.54 Å². The molecule has 0 rings (SSSR count). The summed E-state index contributed by atoms with van der Waals surface area (Å²) in [5.41, 5.74) is 0. The molecule has 0 aromatic carbocycles. The molecule has 0 amide bonds. The van der Waals surface area contributed by atoms with Crippen molar-refractivity contribution >= 4 is 17.9 Å². The monoisotopic (exact) mass is 554 g/mol. The number of allylic oxidation sites excluding steroid dienone is 2. The van der Waals surface area contributed by atoms with E-state index in [1.165, 1.54) is 64.2 Å². The number of rotatable bonds is 27. The predicted molar refractivity (Wildman–Crippen MR) is 159 cm³/mol. The molecule has 0 aromatic heterocycles. The number of unbranched alkanes of at least 4 members (excludes halogenated alkanes) is 14. The Balaban J connectivity index is 4.61. The first-order chi connectivity index (χ1) is 18.7. The zero-order valence-electron chi connectivity index (χ0n) is 25.5. The van der Waals surface area contributed by atoms with Crippen molar-refractivity contribution in [2.45, 2.75) is 168 Å². The van der Waals surface area contributed by atoms with Crippen molar-refractivity contribution in [3.63, 3.8) is 0 Å². The van der Waals surface area contributed by atoms with Crippen LogP contribution in [-0.4, -0.2) is 62.4 Å². The summed E-state index contributed by atoms with van der Waals surface area (Å²) in [7, 11) is 0. The van der Waals surface area contributed by atoms with Crippen LogP contribution in [0.25, 0.3) is 0 Å². The van der Waals surface area contributed by atoms with Crippen molar-refractivity contribution in [3.05, 3.63) is 12.2 Å². The van der Waals surface area contributed by atoms with Crippen LogP contribution in [-0.2, 0) is 14.4 Å². The molecule has 0 radical (unpaired) electrons. The summed E-state index contributed by atoms with van der Waals surface area (Å²) in [4.78, 5) is 36.7. The average Bonchev–Trinajstić information content (AvgIpc) is 2.88. The first kappa shape index (κ1) is 37.1. The largest absolute Gasteiger partial charge is 0.477 e. The molecule has 0 saturated heterocycles. The molecule has 0 fully saturated rings. The number of hydrogen-bond donors (Lipinski definition) is 3. The van der Waals surface area contributed by atoms with Gasteiger partial charge in [0, 0.05) is 19.3 Å². The van der Waals surface area contributed by atoms with E-state index in [0.29, 0.717) is 6.42 Å². The minimum Gasteiger partial charge on any atom is -0.477 e. The summed E-state index contributed by atoms with van der Waals surface area (Å²) in [6.45, 7) is 7.63. The highest BCUT2D eigenvalue weighted by molar-refractivity contribution is 5.78. The van der Waals surface area contributed by atoms with Crippen LogP contribution in [0.1, 0.15) is 150 Å². The Hall–Kier alpha value is -1.89. The van der Waals surface area contributed by atoms with Gasteiger partial charge < -0.3 is 15.3 Å². The van der Waals surface area contributed by atoms with Crippen LogP contribution in [0, 0.1) is 0 Å². The van der Waals surface area contributed by atoms with E-state index in [1.807, 2.05) is 0 Å². The van der Waals surface area contributed by atoms with Crippen molar-refractivity contribution in [2.75, 3.05) is 6.54 Å². The number of aliphatic carboxylic acids is 3. The summed E-state index contributed by atoms with van der Waals surface area (Å²) < 4.78 is -0.408. The number of nitrogens with zero attached hydrogens (tertiary/aromatic N) is 1. The average molecular weight is 555 g/mol. The second-order valence-electron chi connectivity index (χ2n) is 11.2. The molecule has 0 spiro atoms. The minimum atomic E-state index is -1.12. The van der Waals surface area contributed by atoms with E-state index in [1.54, 1.807) is 20.8 Å². The lowest BCUT2D eigenvalue weighted by Gasteiger charge is -2.49. The van der Waals surface area contributed by atoms with Gasteiger partial charge >= 0.3 is 17.9 Å².